The maximum absolute atomic E-state index is 14.0. The third-order valence-corrected chi connectivity index (χ3v) is 9.17. The molecule has 5 aliphatic rings. The number of nitrogens with zero attached hydrogens (tertiary/aromatic N) is 3. The number of rotatable bonds is 5. The number of carbonyl (C=O) groups is 3. The zero-order valence-electron chi connectivity index (χ0n) is 20.7. The summed E-state index contributed by atoms with van der Waals surface area (Å²) in [6, 6.07) is 3.67. The Labute approximate surface area is 212 Å². The number of hydrogen-bond acceptors (Lipinski definition) is 6. The number of primary amides is 1. The first kappa shape index (κ1) is 24.0. The van der Waals surface area contributed by atoms with Gasteiger partial charge in [0.1, 0.15) is 18.5 Å². The average molecular weight is 515 g/mol. The lowest BCUT2D eigenvalue weighted by molar-refractivity contribution is -0.161. The Morgan fingerprint density at radius 1 is 1.14 bits per heavy atom. The van der Waals surface area contributed by atoms with Crippen LogP contribution in [0.4, 0.5) is 9.18 Å². The predicted octanol–water partition coefficient (Wildman–Crippen LogP) is 2.18. The van der Waals surface area contributed by atoms with E-state index in [-0.39, 0.29) is 43.0 Å². The van der Waals surface area contributed by atoms with Gasteiger partial charge in [-0.15, -0.1) is 0 Å². The molecule has 5 fully saturated rings. The first-order valence-corrected chi connectivity index (χ1v) is 12.9. The summed E-state index contributed by atoms with van der Waals surface area (Å²) in [5.74, 6) is -0.597. The van der Waals surface area contributed by atoms with Crippen molar-refractivity contribution >= 4 is 29.0 Å². The van der Waals surface area contributed by atoms with E-state index in [0.717, 1.165) is 19.3 Å². The topological polar surface area (TPSA) is 126 Å². The Hall–Kier alpha value is -3.37. The molecule has 37 heavy (non-hydrogen) atoms. The summed E-state index contributed by atoms with van der Waals surface area (Å²) in [4.78, 5) is 52.3. The summed E-state index contributed by atoms with van der Waals surface area (Å²) in [7, 11) is 1.23. The van der Waals surface area contributed by atoms with Gasteiger partial charge in [0.15, 0.2) is 0 Å². The van der Waals surface area contributed by atoms with Crippen molar-refractivity contribution in [1.29, 1.82) is 0 Å². The van der Waals surface area contributed by atoms with Crippen LogP contribution < -0.4 is 11.4 Å². The van der Waals surface area contributed by atoms with Crippen LogP contribution in [0.15, 0.2) is 23.0 Å². The molecule has 7 rings (SSSR count). The first-order valence-electron chi connectivity index (χ1n) is 12.9. The second-order valence-electron chi connectivity index (χ2n) is 11.3. The number of benzene rings is 1. The predicted molar refractivity (Wildman–Crippen MR) is 129 cm³/mol. The molecule has 1 aliphatic heterocycles. The van der Waals surface area contributed by atoms with Gasteiger partial charge >= 0.3 is 17.8 Å². The fraction of sp³-hybridized carbons (Fsp3) is 0.615. The van der Waals surface area contributed by atoms with Crippen LogP contribution in [0.1, 0.15) is 44.6 Å². The lowest BCUT2D eigenvalue weighted by atomic mass is 9.48. The number of ether oxygens (including phenoxy) is 2. The Morgan fingerprint density at radius 2 is 1.86 bits per heavy atom. The first-order chi connectivity index (χ1) is 17.7. The number of nitrogens with two attached hydrogens (primary N) is 1. The molecule has 1 saturated heterocycles. The fourth-order valence-electron chi connectivity index (χ4n) is 7.73. The van der Waals surface area contributed by atoms with Gasteiger partial charge in [-0.1, -0.05) is 0 Å². The molecule has 1 aromatic carbocycles. The molecule has 198 valence electrons. The van der Waals surface area contributed by atoms with E-state index in [2.05, 4.69) is 0 Å². The van der Waals surface area contributed by atoms with Crippen LogP contribution in [0.5, 0.6) is 0 Å². The van der Waals surface area contributed by atoms with Crippen LogP contribution in [0, 0.1) is 29.0 Å². The third kappa shape index (κ3) is 3.81. The highest BCUT2D eigenvalue weighted by atomic mass is 19.1. The average Bonchev–Trinajstić information content (AvgIpc) is 3.44. The minimum atomic E-state index is -0.615. The van der Waals surface area contributed by atoms with E-state index in [1.165, 1.54) is 34.4 Å². The maximum atomic E-state index is 14.0. The van der Waals surface area contributed by atoms with Gasteiger partial charge in [0.25, 0.3) is 0 Å². The molecule has 10 nitrogen and oxygen atoms in total. The fourth-order valence-corrected chi connectivity index (χ4v) is 7.73. The number of imidazole rings is 1. The van der Waals surface area contributed by atoms with Gasteiger partial charge in [-0.3, -0.25) is 18.7 Å². The number of hydrogen-bond donors (Lipinski definition) is 1. The lowest BCUT2D eigenvalue weighted by Crippen LogP contribution is -2.59. The van der Waals surface area contributed by atoms with Gasteiger partial charge in [0.05, 0.1) is 29.6 Å². The number of carbonyl (C=O) groups excluding carboxylic acids is 3. The van der Waals surface area contributed by atoms with Crippen LogP contribution in [0.25, 0.3) is 11.0 Å². The number of halogens is 1. The monoisotopic (exact) mass is 514 g/mol. The summed E-state index contributed by atoms with van der Waals surface area (Å²) in [6.07, 6.45) is 4.02. The van der Waals surface area contributed by atoms with E-state index in [0.29, 0.717) is 42.8 Å². The van der Waals surface area contributed by atoms with Gasteiger partial charge in [0, 0.05) is 13.1 Å². The van der Waals surface area contributed by atoms with Gasteiger partial charge in [-0.2, -0.15) is 0 Å². The summed E-state index contributed by atoms with van der Waals surface area (Å²) in [6.45, 7) is 0.346. The molecule has 4 aliphatic carbocycles. The second-order valence-corrected chi connectivity index (χ2v) is 11.3. The Balaban J connectivity index is 1.20. The molecule has 1 aromatic heterocycles. The van der Waals surface area contributed by atoms with Crippen molar-refractivity contribution in [3.05, 3.63) is 34.5 Å². The van der Waals surface area contributed by atoms with Crippen LogP contribution in [0.2, 0.25) is 0 Å². The second kappa shape index (κ2) is 8.59. The number of fused-ring (bicyclic) bond motifs is 1. The largest absolute Gasteiger partial charge is 0.468 e. The molecule has 11 heteroatoms. The molecular formula is C26H31FN4O6. The van der Waals surface area contributed by atoms with Crippen molar-refractivity contribution in [2.24, 2.45) is 28.9 Å². The molecule has 2 N–H and O–H groups in total. The summed E-state index contributed by atoms with van der Waals surface area (Å²) < 4.78 is 27.5. The minimum Gasteiger partial charge on any atom is -0.468 e. The highest BCUT2D eigenvalue weighted by molar-refractivity contribution is 5.81. The zero-order chi connectivity index (χ0) is 26.1. The molecular weight excluding hydrogens is 483 g/mol. The van der Waals surface area contributed by atoms with E-state index >= 15 is 0 Å². The normalized spacial score (nSPS) is 32.2. The van der Waals surface area contributed by atoms with Gasteiger partial charge < -0.3 is 20.1 Å². The summed E-state index contributed by atoms with van der Waals surface area (Å²) in [5.41, 5.74) is 5.66. The molecule has 4 bridgehead atoms. The highest BCUT2D eigenvalue weighted by Crippen LogP contribution is 2.60. The SMILES string of the molecule is COC(=O)Cn1c(=O)n([C@H]2CCN(C(=O)OC3C4CC5C[C@H]3CC(C(N)=O)(C5)C4)C2)c2ccc(F)cc21. The van der Waals surface area contributed by atoms with Gasteiger partial charge in [0.2, 0.25) is 5.91 Å². The molecule has 2 aromatic rings. The van der Waals surface area contributed by atoms with Crippen LogP contribution in [-0.4, -0.2) is 58.3 Å². The number of methoxy groups -OCH3 is 1. The molecule has 4 unspecified atom stereocenters. The summed E-state index contributed by atoms with van der Waals surface area (Å²) >= 11 is 0. The van der Waals surface area contributed by atoms with E-state index in [4.69, 9.17) is 15.2 Å². The van der Waals surface area contributed by atoms with Crippen molar-refractivity contribution in [2.75, 3.05) is 20.2 Å². The Kier molecular flexibility index (Phi) is 5.57. The maximum Gasteiger partial charge on any atom is 0.410 e. The molecule has 2 amide bonds. The van der Waals surface area contributed by atoms with Crippen molar-refractivity contribution in [2.45, 2.75) is 57.2 Å². The molecule has 2 heterocycles. The van der Waals surface area contributed by atoms with Crippen LogP contribution in [-0.2, 0) is 25.6 Å². The lowest BCUT2D eigenvalue weighted by Gasteiger charge is -2.58. The quantitative estimate of drug-likeness (QED) is 0.610. The number of amides is 2. The van der Waals surface area contributed by atoms with Crippen molar-refractivity contribution in [3.63, 3.8) is 0 Å². The molecule has 0 spiro atoms. The van der Waals surface area contributed by atoms with E-state index in [9.17, 15) is 23.6 Å². The van der Waals surface area contributed by atoms with Crippen molar-refractivity contribution < 1.29 is 28.2 Å². The van der Waals surface area contributed by atoms with E-state index in [1.807, 2.05) is 0 Å². The number of esters is 1. The number of aromatic nitrogens is 2. The highest BCUT2D eigenvalue weighted by Gasteiger charge is 2.59. The van der Waals surface area contributed by atoms with Crippen molar-refractivity contribution in [1.82, 2.24) is 14.0 Å². The zero-order valence-corrected chi connectivity index (χ0v) is 20.7. The smallest absolute Gasteiger partial charge is 0.410 e. The molecule has 0 radical (unpaired) electrons. The van der Waals surface area contributed by atoms with Crippen molar-refractivity contribution in [3.8, 4) is 0 Å². The molecule has 6 atom stereocenters. The molecule has 4 saturated carbocycles. The minimum absolute atomic E-state index is 0.148. The van der Waals surface area contributed by atoms with Crippen LogP contribution >= 0.6 is 0 Å². The van der Waals surface area contributed by atoms with E-state index in [1.54, 1.807) is 4.90 Å². The van der Waals surface area contributed by atoms with E-state index < -0.39 is 29.0 Å². The number of likely N-dealkylation sites (tertiary alicyclic amines) is 1. The Morgan fingerprint density at radius 3 is 2.54 bits per heavy atom. The van der Waals surface area contributed by atoms with Gasteiger partial charge in [-0.05, 0) is 74.5 Å². The standard InChI is InChI=1S/C26H31FN4O6/c1-36-21(32)13-30-20-8-17(27)2-3-19(20)31(24(30)34)18-4-5-29(12-18)25(35)37-22-15-6-14-7-16(22)11-26(9-14,10-15)23(28)33/h2-3,8,14-16,18,22H,4-7,9-13H2,1H3,(H2,28,33)/t14?,15-,16?,18-,22?,26?/m0/s1. The summed E-state index contributed by atoms with van der Waals surface area (Å²) in [5, 5.41) is 0. The van der Waals surface area contributed by atoms with Crippen LogP contribution in [0.3, 0.4) is 0 Å². The van der Waals surface area contributed by atoms with Gasteiger partial charge in [-0.25, -0.2) is 14.0 Å². The third-order valence-electron chi connectivity index (χ3n) is 9.17. The Bertz CT molecular complexity index is 1330.